The van der Waals surface area contributed by atoms with Gasteiger partial charge in [0.15, 0.2) is 0 Å². The summed E-state index contributed by atoms with van der Waals surface area (Å²) in [6.07, 6.45) is 0. The molecule has 0 saturated heterocycles. The molecular formula is C14H13FN4OS. The van der Waals surface area contributed by atoms with E-state index in [1.807, 2.05) is 6.07 Å². The number of amides is 1. The monoisotopic (exact) mass is 304 g/mol. The first-order valence-electron chi connectivity index (χ1n) is 6.09. The highest BCUT2D eigenvalue weighted by molar-refractivity contribution is 7.17. The summed E-state index contributed by atoms with van der Waals surface area (Å²) >= 11 is 1.10. The Bertz CT molecular complexity index is 720. The van der Waals surface area contributed by atoms with Crippen molar-refractivity contribution in [3.05, 3.63) is 46.1 Å². The number of carbonyl (C=O) groups is 1. The third-order valence-electron chi connectivity index (χ3n) is 2.84. The van der Waals surface area contributed by atoms with Gasteiger partial charge >= 0.3 is 0 Å². The minimum Gasteiger partial charge on any atom is -0.396 e. The summed E-state index contributed by atoms with van der Waals surface area (Å²) in [5.74, 6) is -0.698. The van der Waals surface area contributed by atoms with E-state index in [1.54, 1.807) is 12.1 Å². The van der Waals surface area contributed by atoms with Crippen molar-refractivity contribution >= 4 is 27.9 Å². The number of nitrogens with zero attached hydrogens (tertiary/aromatic N) is 1. The SMILES string of the molecule is CNC(=O)c1c(NCc2cccc(F)c2)sc(C#N)c1N. The second-order valence-electron chi connectivity index (χ2n) is 4.22. The van der Waals surface area contributed by atoms with Gasteiger partial charge in [-0.2, -0.15) is 5.26 Å². The Hall–Kier alpha value is -2.59. The Morgan fingerprint density at radius 2 is 2.29 bits per heavy atom. The number of nitrogen functional groups attached to an aromatic ring is 1. The fourth-order valence-electron chi connectivity index (χ4n) is 1.83. The van der Waals surface area contributed by atoms with E-state index in [1.165, 1.54) is 19.2 Å². The number of hydrogen-bond acceptors (Lipinski definition) is 5. The van der Waals surface area contributed by atoms with E-state index in [4.69, 9.17) is 11.0 Å². The number of nitriles is 1. The number of rotatable bonds is 4. The van der Waals surface area contributed by atoms with Gasteiger partial charge in [0, 0.05) is 13.6 Å². The summed E-state index contributed by atoms with van der Waals surface area (Å²) < 4.78 is 13.1. The topological polar surface area (TPSA) is 90.9 Å². The number of anilines is 2. The van der Waals surface area contributed by atoms with Crippen LogP contribution in [0.1, 0.15) is 20.8 Å². The summed E-state index contributed by atoms with van der Waals surface area (Å²) in [5.41, 5.74) is 6.94. The average molecular weight is 304 g/mol. The number of hydrogen-bond donors (Lipinski definition) is 3. The number of nitrogens with two attached hydrogens (primary N) is 1. The molecule has 0 atom stereocenters. The molecule has 0 bridgehead atoms. The third kappa shape index (κ3) is 3.12. The molecule has 1 amide bonds. The first-order chi connectivity index (χ1) is 10.1. The second kappa shape index (κ2) is 6.24. The van der Waals surface area contributed by atoms with Gasteiger partial charge in [-0.1, -0.05) is 12.1 Å². The number of carbonyl (C=O) groups excluding carboxylic acids is 1. The van der Waals surface area contributed by atoms with E-state index < -0.39 is 0 Å². The van der Waals surface area contributed by atoms with Crippen molar-refractivity contribution in [2.75, 3.05) is 18.1 Å². The lowest BCUT2D eigenvalue weighted by molar-refractivity contribution is 0.0965. The van der Waals surface area contributed by atoms with E-state index in [0.29, 0.717) is 11.5 Å². The smallest absolute Gasteiger partial charge is 0.256 e. The quantitative estimate of drug-likeness (QED) is 0.808. The zero-order chi connectivity index (χ0) is 15.4. The molecule has 2 rings (SSSR count). The maximum atomic E-state index is 13.1. The molecule has 0 aliphatic rings. The molecule has 7 heteroatoms. The summed E-state index contributed by atoms with van der Waals surface area (Å²) in [7, 11) is 1.49. The summed E-state index contributed by atoms with van der Waals surface area (Å²) in [6, 6.07) is 8.08. The standard InChI is InChI=1S/C14H13FN4OS/c1-18-13(20)11-12(17)10(6-16)21-14(11)19-7-8-3-2-4-9(15)5-8/h2-5,19H,7,17H2,1H3,(H,18,20). The number of nitrogens with one attached hydrogen (secondary N) is 2. The van der Waals surface area contributed by atoms with Crippen LogP contribution in [0.25, 0.3) is 0 Å². The van der Waals surface area contributed by atoms with E-state index in [-0.39, 0.29) is 27.9 Å². The second-order valence-corrected chi connectivity index (χ2v) is 5.24. The minimum absolute atomic E-state index is 0.156. The molecule has 0 aliphatic heterocycles. The Morgan fingerprint density at radius 3 is 2.90 bits per heavy atom. The highest BCUT2D eigenvalue weighted by Gasteiger charge is 2.21. The minimum atomic E-state index is -0.369. The Morgan fingerprint density at radius 1 is 1.52 bits per heavy atom. The van der Waals surface area contributed by atoms with Crippen molar-refractivity contribution < 1.29 is 9.18 Å². The zero-order valence-electron chi connectivity index (χ0n) is 11.2. The van der Waals surface area contributed by atoms with Crippen LogP contribution in [0.4, 0.5) is 15.1 Å². The van der Waals surface area contributed by atoms with E-state index in [2.05, 4.69) is 10.6 Å². The van der Waals surface area contributed by atoms with Crippen LogP contribution in [0.3, 0.4) is 0 Å². The molecule has 108 valence electrons. The first-order valence-corrected chi connectivity index (χ1v) is 6.91. The average Bonchev–Trinajstić information content (AvgIpc) is 2.80. The number of thiophene rings is 1. The molecule has 0 fully saturated rings. The Balaban J connectivity index is 2.27. The predicted octanol–water partition coefficient (Wildman–Crippen LogP) is 2.31. The predicted molar refractivity (Wildman–Crippen MR) is 80.6 cm³/mol. The van der Waals surface area contributed by atoms with E-state index >= 15 is 0 Å². The fraction of sp³-hybridized carbons (Fsp3) is 0.143. The van der Waals surface area contributed by atoms with Gasteiger partial charge in [0.05, 0.1) is 11.3 Å². The van der Waals surface area contributed by atoms with Crippen LogP contribution in [0.15, 0.2) is 24.3 Å². The van der Waals surface area contributed by atoms with E-state index in [0.717, 1.165) is 16.9 Å². The molecule has 0 aliphatic carbocycles. The molecule has 0 saturated carbocycles. The molecule has 1 heterocycles. The lowest BCUT2D eigenvalue weighted by Crippen LogP contribution is -2.20. The third-order valence-corrected chi connectivity index (χ3v) is 3.91. The van der Waals surface area contributed by atoms with Crippen LogP contribution in [0.5, 0.6) is 0 Å². The van der Waals surface area contributed by atoms with Crippen LogP contribution >= 0.6 is 11.3 Å². The molecule has 0 spiro atoms. The maximum Gasteiger partial charge on any atom is 0.256 e. The van der Waals surface area contributed by atoms with Crippen molar-refractivity contribution in [3.8, 4) is 6.07 Å². The van der Waals surface area contributed by atoms with Crippen LogP contribution in [0.2, 0.25) is 0 Å². The highest BCUT2D eigenvalue weighted by Crippen LogP contribution is 2.35. The molecule has 1 aromatic heterocycles. The van der Waals surface area contributed by atoms with Gasteiger partial charge in [0.25, 0.3) is 5.91 Å². The van der Waals surface area contributed by atoms with Crippen molar-refractivity contribution in [2.45, 2.75) is 6.54 Å². The van der Waals surface area contributed by atoms with Gasteiger partial charge in [-0.15, -0.1) is 11.3 Å². The van der Waals surface area contributed by atoms with Crippen LogP contribution < -0.4 is 16.4 Å². The summed E-state index contributed by atoms with van der Waals surface area (Å²) in [6.45, 7) is 0.326. The Kier molecular flexibility index (Phi) is 4.40. The number of halogens is 1. The van der Waals surface area contributed by atoms with Crippen LogP contribution in [-0.2, 0) is 6.54 Å². The normalized spacial score (nSPS) is 9.95. The number of benzene rings is 1. The summed E-state index contributed by atoms with van der Waals surface area (Å²) in [4.78, 5) is 12.1. The fourth-order valence-corrected chi connectivity index (χ4v) is 2.74. The largest absolute Gasteiger partial charge is 0.396 e. The zero-order valence-corrected chi connectivity index (χ0v) is 12.1. The molecule has 5 nitrogen and oxygen atoms in total. The van der Waals surface area contributed by atoms with Crippen molar-refractivity contribution in [1.29, 1.82) is 5.26 Å². The van der Waals surface area contributed by atoms with Gasteiger partial charge < -0.3 is 16.4 Å². The molecule has 21 heavy (non-hydrogen) atoms. The van der Waals surface area contributed by atoms with Gasteiger partial charge in [-0.25, -0.2) is 4.39 Å². The van der Waals surface area contributed by atoms with Gasteiger partial charge in [0.1, 0.15) is 21.8 Å². The molecular weight excluding hydrogens is 291 g/mol. The lowest BCUT2D eigenvalue weighted by atomic mass is 10.2. The van der Waals surface area contributed by atoms with Crippen LogP contribution in [0, 0.1) is 17.1 Å². The lowest BCUT2D eigenvalue weighted by Gasteiger charge is -2.07. The van der Waals surface area contributed by atoms with Crippen molar-refractivity contribution in [2.24, 2.45) is 0 Å². The maximum absolute atomic E-state index is 13.1. The van der Waals surface area contributed by atoms with E-state index in [9.17, 15) is 9.18 Å². The highest BCUT2D eigenvalue weighted by atomic mass is 32.1. The molecule has 0 unspecified atom stereocenters. The van der Waals surface area contributed by atoms with Gasteiger partial charge in [-0.3, -0.25) is 4.79 Å². The molecule has 1 aromatic carbocycles. The molecule has 2 aromatic rings. The van der Waals surface area contributed by atoms with Crippen LogP contribution in [-0.4, -0.2) is 13.0 Å². The molecule has 0 radical (unpaired) electrons. The summed E-state index contributed by atoms with van der Waals surface area (Å²) in [5, 5.41) is 15.0. The van der Waals surface area contributed by atoms with Gasteiger partial charge in [-0.05, 0) is 17.7 Å². The van der Waals surface area contributed by atoms with Crippen molar-refractivity contribution in [3.63, 3.8) is 0 Å². The molecule has 4 N–H and O–H groups in total. The van der Waals surface area contributed by atoms with Crippen molar-refractivity contribution in [1.82, 2.24) is 5.32 Å². The Labute approximate surface area is 125 Å². The van der Waals surface area contributed by atoms with Gasteiger partial charge in [0.2, 0.25) is 0 Å². The first kappa shape index (κ1) is 14.8.